The third-order valence-electron chi connectivity index (χ3n) is 2.01. The van der Waals surface area contributed by atoms with E-state index in [2.05, 4.69) is 5.32 Å². The first-order chi connectivity index (χ1) is 6.25. The molecule has 0 bridgehead atoms. The Bertz CT molecular complexity index is 312. The molecule has 0 radical (unpaired) electrons. The Labute approximate surface area is 86.8 Å². The van der Waals surface area contributed by atoms with Crippen LogP contribution >= 0.6 is 23.4 Å². The molecule has 0 amide bonds. The molecule has 4 heteroatoms. The number of halogens is 1. The number of hydrogen-bond acceptors (Lipinski definition) is 3. The fourth-order valence-corrected chi connectivity index (χ4v) is 2.44. The van der Waals surface area contributed by atoms with Crippen molar-refractivity contribution in [3.8, 4) is 0 Å². The molecule has 1 aromatic carbocycles. The predicted octanol–water partition coefficient (Wildman–Crippen LogP) is 1.99. The zero-order valence-electron chi connectivity index (χ0n) is 7.09. The van der Waals surface area contributed by atoms with Gasteiger partial charge in [0, 0.05) is 33.9 Å². The topological polar surface area (TPSA) is 38.0 Å². The van der Waals surface area contributed by atoms with Crippen LogP contribution in [0.25, 0.3) is 0 Å². The van der Waals surface area contributed by atoms with Crippen molar-refractivity contribution in [1.82, 2.24) is 5.32 Å². The lowest BCUT2D eigenvalue weighted by Gasteiger charge is -2.26. The smallest absolute Gasteiger partial charge is 0.0467 e. The second-order valence-corrected chi connectivity index (χ2v) is 4.86. The Hall–Kier alpha value is -0.380. The molecule has 0 spiro atoms. The van der Waals surface area contributed by atoms with E-state index in [-0.39, 0.29) is 0 Å². The van der Waals surface area contributed by atoms with Gasteiger partial charge in [-0.15, -0.1) is 11.8 Å². The summed E-state index contributed by atoms with van der Waals surface area (Å²) in [7, 11) is 0. The number of anilines is 1. The van der Waals surface area contributed by atoms with Gasteiger partial charge in [0.25, 0.3) is 0 Å². The average Bonchev–Trinajstić information content (AvgIpc) is 1.99. The summed E-state index contributed by atoms with van der Waals surface area (Å²) in [5.74, 6) is 0. The first kappa shape index (κ1) is 9.19. The minimum absolute atomic E-state index is 0.670. The van der Waals surface area contributed by atoms with Gasteiger partial charge in [0.05, 0.1) is 0 Å². The van der Waals surface area contributed by atoms with Gasteiger partial charge in [-0.3, -0.25) is 0 Å². The quantitative estimate of drug-likeness (QED) is 0.740. The Balaban J connectivity index is 2.10. The van der Waals surface area contributed by atoms with Crippen molar-refractivity contribution in [3.05, 3.63) is 23.2 Å². The lowest BCUT2D eigenvalue weighted by atomic mass is 10.3. The van der Waals surface area contributed by atoms with Gasteiger partial charge >= 0.3 is 0 Å². The zero-order valence-corrected chi connectivity index (χ0v) is 8.66. The van der Waals surface area contributed by atoms with E-state index < -0.39 is 0 Å². The first-order valence-electron chi connectivity index (χ1n) is 4.18. The van der Waals surface area contributed by atoms with Crippen molar-refractivity contribution in [2.45, 2.75) is 10.1 Å². The van der Waals surface area contributed by atoms with Crippen LogP contribution in [0.2, 0.25) is 5.02 Å². The fourth-order valence-electron chi connectivity index (χ4n) is 1.15. The van der Waals surface area contributed by atoms with E-state index in [1.54, 1.807) is 6.07 Å². The van der Waals surface area contributed by atoms with Crippen LogP contribution in [0.5, 0.6) is 0 Å². The van der Waals surface area contributed by atoms with Gasteiger partial charge in [-0.05, 0) is 18.2 Å². The Kier molecular flexibility index (Phi) is 2.67. The molecule has 1 fully saturated rings. The maximum atomic E-state index is 5.82. The van der Waals surface area contributed by atoms with Crippen LogP contribution in [0.1, 0.15) is 0 Å². The van der Waals surface area contributed by atoms with E-state index in [0.29, 0.717) is 10.3 Å². The summed E-state index contributed by atoms with van der Waals surface area (Å²) in [6.45, 7) is 2.15. The first-order valence-corrected chi connectivity index (χ1v) is 5.44. The highest BCUT2D eigenvalue weighted by molar-refractivity contribution is 8.00. The molecule has 70 valence electrons. The molecule has 0 aromatic heterocycles. The Morgan fingerprint density at radius 2 is 2.23 bits per heavy atom. The number of hydrogen-bond donors (Lipinski definition) is 2. The monoisotopic (exact) mass is 214 g/mol. The zero-order chi connectivity index (χ0) is 9.26. The maximum absolute atomic E-state index is 5.82. The van der Waals surface area contributed by atoms with E-state index in [1.807, 2.05) is 23.9 Å². The SMILES string of the molecule is Nc1cc(Cl)ccc1SC1CNC1. The number of rotatable bonds is 2. The minimum Gasteiger partial charge on any atom is -0.398 e. The van der Waals surface area contributed by atoms with Gasteiger partial charge in [0.15, 0.2) is 0 Å². The average molecular weight is 215 g/mol. The van der Waals surface area contributed by atoms with Crippen LogP contribution < -0.4 is 11.1 Å². The largest absolute Gasteiger partial charge is 0.398 e. The molecule has 1 heterocycles. The fraction of sp³-hybridized carbons (Fsp3) is 0.333. The van der Waals surface area contributed by atoms with Crippen molar-refractivity contribution in [3.63, 3.8) is 0 Å². The van der Waals surface area contributed by atoms with E-state index in [0.717, 1.165) is 23.7 Å². The lowest BCUT2D eigenvalue weighted by Crippen LogP contribution is -2.44. The molecule has 13 heavy (non-hydrogen) atoms. The second-order valence-electron chi connectivity index (χ2n) is 3.08. The Morgan fingerprint density at radius 1 is 1.46 bits per heavy atom. The molecule has 0 atom stereocenters. The summed E-state index contributed by atoms with van der Waals surface area (Å²) in [5.41, 5.74) is 6.60. The highest BCUT2D eigenvalue weighted by Crippen LogP contribution is 2.31. The number of nitrogens with one attached hydrogen (secondary N) is 1. The van der Waals surface area contributed by atoms with E-state index in [9.17, 15) is 0 Å². The third kappa shape index (κ3) is 2.10. The standard InChI is InChI=1S/C9H11ClN2S/c10-6-1-2-9(8(11)3-6)13-7-4-12-5-7/h1-3,7,12H,4-5,11H2. The van der Waals surface area contributed by atoms with Crippen LogP contribution in [0.15, 0.2) is 23.1 Å². The van der Waals surface area contributed by atoms with Crippen LogP contribution in [0, 0.1) is 0 Å². The van der Waals surface area contributed by atoms with Crippen molar-refractivity contribution >= 4 is 29.1 Å². The number of nitrogens with two attached hydrogens (primary N) is 1. The normalized spacial score (nSPS) is 17.0. The number of thioether (sulfide) groups is 1. The molecule has 0 saturated carbocycles. The van der Waals surface area contributed by atoms with E-state index >= 15 is 0 Å². The molecule has 1 aliphatic rings. The molecule has 2 rings (SSSR count). The molecule has 1 aromatic rings. The van der Waals surface area contributed by atoms with Crippen LogP contribution in [-0.2, 0) is 0 Å². The van der Waals surface area contributed by atoms with Crippen LogP contribution in [-0.4, -0.2) is 18.3 Å². The molecule has 0 unspecified atom stereocenters. The minimum atomic E-state index is 0.670. The maximum Gasteiger partial charge on any atom is 0.0467 e. The predicted molar refractivity (Wildman–Crippen MR) is 58.4 cm³/mol. The van der Waals surface area contributed by atoms with Crippen molar-refractivity contribution in [2.24, 2.45) is 0 Å². The van der Waals surface area contributed by atoms with Gasteiger partial charge in [-0.2, -0.15) is 0 Å². The van der Waals surface area contributed by atoms with E-state index in [1.165, 1.54) is 0 Å². The molecular weight excluding hydrogens is 204 g/mol. The molecule has 0 aliphatic carbocycles. The summed E-state index contributed by atoms with van der Waals surface area (Å²) >= 11 is 7.62. The van der Waals surface area contributed by atoms with Gasteiger partial charge in [0.1, 0.15) is 0 Å². The Morgan fingerprint density at radius 3 is 2.77 bits per heavy atom. The lowest BCUT2D eigenvalue weighted by molar-refractivity contribution is 0.544. The molecular formula is C9H11ClN2S. The van der Waals surface area contributed by atoms with Crippen molar-refractivity contribution < 1.29 is 0 Å². The van der Waals surface area contributed by atoms with Gasteiger partial charge < -0.3 is 11.1 Å². The molecule has 1 saturated heterocycles. The summed E-state index contributed by atoms with van der Waals surface area (Å²) in [6.07, 6.45) is 0. The highest BCUT2D eigenvalue weighted by Gasteiger charge is 2.18. The summed E-state index contributed by atoms with van der Waals surface area (Å²) in [5, 5.41) is 4.60. The number of nitrogen functional groups attached to an aromatic ring is 1. The molecule has 3 N–H and O–H groups in total. The second kappa shape index (κ2) is 3.78. The highest BCUT2D eigenvalue weighted by atomic mass is 35.5. The summed E-state index contributed by atoms with van der Waals surface area (Å²) < 4.78 is 0. The number of benzene rings is 1. The van der Waals surface area contributed by atoms with Crippen LogP contribution in [0.3, 0.4) is 0 Å². The van der Waals surface area contributed by atoms with Gasteiger partial charge in [-0.1, -0.05) is 11.6 Å². The third-order valence-corrected chi connectivity index (χ3v) is 3.54. The van der Waals surface area contributed by atoms with Gasteiger partial charge in [0.2, 0.25) is 0 Å². The molecule has 1 aliphatic heterocycles. The van der Waals surface area contributed by atoms with Crippen molar-refractivity contribution in [2.75, 3.05) is 18.8 Å². The summed E-state index contributed by atoms with van der Waals surface area (Å²) in [6, 6.07) is 5.67. The van der Waals surface area contributed by atoms with E-state index in [4.69, 9.17) is 17.3 Å². The van der Waals surface area contributed by atoms with Gasteiger partial charge in [-0.25, -0.2) is 0 Å². The van der Waals surface area contributed by atoms with Crippen LogP contribution in [0.4, 0.5) is 5.69 Å². The van der Waals surface area contributed by atoms with Crippen molar-refractivity contribution in [1.29, 1.82) is 0 Å². The molecule has 2 nitrogen and oxygen atoms in total. The summed E-state index contributed by atoms with van der Waals surface area (Å²) in [4.78, 5) is 1.14.